The quantitative estimate of drug-likeness (QED) is 0.743. The van der Waals surface area contributed by atoms with Gasteiger partial charge in [-0.1, -0.05) is 13.8 Å². The van der Waals surface area contributed by atoms with Gasteiger partial charge in [-0.05, 0) is 56.4 Å². The lowest BCUT2D eigenvalue weighted by Crippen LogP contribution is -2.42. The van der Waals surface area contributed by atoms with Crippen LogP contribution in [-0.2, 0) is 19.6 Å². The molecule has 1 fully saturated rings. The van der Waals surface area contributed by atoms with Gasteiger partial charge < -0.3 is 10.1 Å². The van der Waals surface area contributed by atoms with Gasteiger partial charge in [-0.2, -0.15) is 4.31 Å². The summed E-state index contributed by atoms with van der Waals surface area (Å²) in [5, 5.41) is 2.57. The fourth-order valence-electron chi connectivity index (χ4n) is 3.31. The number of carbonyl (C=O) groups excluding carboxylic acids is 2. The third-order valence-electron chi connectivity index (χ3n) is 4.57. The van der Waals surface area contributed by atoms with Crippen molar-refractivity contribution in [1.82, 2.24) is 9.62 Å². The van der Waals surface area contributed by atoms with E-state index in [1.807, 2.05) is 13.8 Å². The van der Waals surface area contributed by atoms with Crippen LogP contribution >= 0.6 is 0 Å². The first-order chi connectivity index (χ1) is 12.6. The van der Waals surface area contributed by atoms with Crippen molar-refractivity contribution < 1.29 is 22.7 Å². The first kappa shape index (κ1) is 21.4. The number of ether oxygens (including phenoxy) is 1. The van der Waals surface area contributed by atoms with Crippen molar-refractivity contribution in [3.05, 3.63) is 29.8 Å². The number of nitrogens with zero attached hydrogens (tertiary/aromatic N) is 1. The van der Waals surface area contributed by atoms with Crippen molar-refractivity contribution in [2.75, 3.05) is 19.6 Å². The molecule has 1 N–H and O–H groups in total. The summed E-state index contributed by atoms with van der Waals surface area (Å²) in [6.07, 6.45) is 0.0952. The Balaban J connectivity index is 2.09. The molecule has 0 bridgehead atoms. The van der Waals surface area contributed by atoms with Crippen molar-refractivity contribution in [2.45, 2.75) is 45.1 Å². The zero-order chi connectivity index (χ0) is 20.2. The zero-order valence-electron chi connectivity index (χ0n) is 16.3. The molecule has 2 rings (SSSR count). The number of likely N-dealkylation sites (N-methyl/N-ethyl adjacent to an activating group) is 1. The number of carbonyl (C=O) groups is 2. The van der Waals surface area contributed by atoms with Gasteiger partial charge in [-0.3, -0.25) is 4.79 Å². The van der Waals surface area contributed by atoms with E-state index in [1.165, 1.54) is 35.5 Å². The first-order valence-corrected chi connectivity index (χ1v) is 10.7. The van der Waals surface area contributed by atoms with Crippen LogP contribution in [0.4, 0.5) is 0 Å². The Kier molecular flexibility index (Phi) is 7.00. The molecule has 0 aromatic heterocycles. The highest BCUT2D eigenvalue weighted by molar-refractivity contribution is 7.89. The normalized spacial score (nSPS) is 22.1. The maximum absolute atomic E-state index is 12.9. The predicted molar refractivity (Wildman–Crippen MR) is 102 cm³/mol. The molecule has 1 saturated heterocycles. The molecule has 0 aliphatic carbocycles. The zero-order valence-corrected chi connectivity index (χ0v) is 17.1. The highest BCUT2D eigenvalue weighted by Crippen LogP contribution is 2.26. The SMILES string of the molecule is CCNC(=O)[C@H](C)OC(=O)c1ccc(S(=O)(=O)N2C[C@@H](C)C[C@H](C)C2)cc1. The summed E-state index contributed by atoms with van der Waals surface area (Å²) in [4.78, 5) is 24.0. The van der Waals surface area contributed by atoms with Crippen LogP contribution in [0.5, 0.6) is 0 Å². The molecule has 1 aromatic rings. The van der Waals surface area contributed by atoms with Gasteiger partial charge in [-0.25, -0.2) is 13.2 Å². The van der Waals surface area contributed by atoms with Crippen molar-refractivity contribution >= 4 is 21.9 Å². The molecule has 150 valence electrons. The molecule has 27 heavy (non-hydrogen) atoms. The molecule has 0 saturated carbocycles. The minimum absolute atomic E-state index is 0.150. The van der Waals surface area contributed by atoms with E-state index in [2.05, 4.69) is 5.32 Å². The Labute approximate surface area is 161 Å². The average Bonchev–Trinajstić information content (AvgIpc) is 2.61. The van der Waals surface area contributed by atoms with Crippen LogP contribution in [0.15, 0.2) is 29.2 Å². The van der Waals surface area contributed by atoms with Crippen molar-refractivity contribution in [3.63, 3.8) is 0 Å². The summed E-state index contributed by atoms with van der Waals surface area (Å²) in [6.45, 7) is 8.80. The topological polar surface area (TPSA) is 92.8 Å². The van der Waals surface area contributed by atoms with Gasteiger partial charge in [0.1, 0.15) is 0 Å². The molecule has 3 atom stereocenters. The molecule has 7 nitrogen and oxygen atoms in total. The molecule has 0 radical (unpaired) electrons. The lowest BCUT2D eigenvalue weighted by atomic mass is 9.94. The van der Waals surface area contributed by atoms with Crippen LogP contribution in [-0.4, -0.2) is 50.3 Å². The van der Waals surface area contributed by atoms with Gasteiger partial charge in [0.2, 0.25) is 10.0 Å². The standard InChI is InChI=1S/C19H28N2O5S/c1-5-20-18(22)15(4)26-19(23)16-6-8-17(9-7-16)27(24,25)21-11-13(2)10-14(3)12-21/h6-9,13-15H,5,10-12H2,1-4H3,(H,20,22)/t13-,14-,15-/m0/s1. The predicted octanol–water partition coefficient (Wildman–Crippen LogP) is 2.03. The number of esters is 1. The van der Waals surface area contributed by atoms with Crippen LogP contribution in [0.3, 0.4) is 0 Å². The smallest absolute Gasteiger partial charge is 0.338 e. The fraction of sp³-hybridized carbons (Fsp3) is 0.579. The molecule has 0 spiro atoms. The highest BCUT2D eigenvalue weighted by Gasteiger charge is 2.31. The number of piperidine rings is 1. The number of hydrogen-bond acceptors (Lipinski definition) is 5. The van der Waals surface area contributed by atoms with Crippen LogP contribution in [0.2, 0.25) is 0 Å². The summed E-state index contributed by atoms with van der Waals surface area (Å²) >= 11 is 0. The summed E-state index contributed by atoms with van der Waals surface area (Å²) in [6, 6.07) is 5.65. The lowest BCUT2D eigenvalue weighted by molar-refractivity contribution is -0.128. The number of rotatable bonds is 6. The lowest BCUT2D eigenvalue weighted by Gasteiger charge is -2.34. The van der Waals surface area contributed by atoms with Gasteiger partial charge in [-0.15, -0.1) is 0 Å². The number of benzene rings is 1. The molecule has 0 unspecified atom stereocenters. The van der Waals surface area contributed by atoms with Crippen molar-refractivity contribution in [1.29, 1.82) is 0 Å². The second kappa shape index (κ2) is 8.84. The second-order valence-corrected chi connectivity index (χ2v) is 9.17. The maximum Gasteiger partial charge on any atom is 0.338 e. The van der Waals surface area contributed by atoms with Crippen molar-refractivity contribution in [2.24, 2.45) is 11.8 Å². The summed E-state index contributed by atoms with van der Waals surface area (Å²) < 4.78 is 32.3. The third-order valence-corrected chi connectivity index (χ3v) is 6.41. The van der Waals surface area contributed by atoms with Gasteiger partial charge in [0.25, 0.3) is 5.91 Å². The van der Waals surface area contributed by atoms with E-state index in [1.54, 1.807) is 6.92 Å². The Bertz CT molecular complexity index is 766. The molecule has 1 aromatic carbocycles. The van der Waals surface area contributed by atoms with E-state index in [-0.39, 0.29) is 16.4 Å². The van der Waals surface area contributed by atoms with Gasteiger partial charge in [0, 0.05) is 19.6 Å². The molecule has 1 aliphatic heterocycles. The average molecular weight is 397 g/mol. The molecule has 8 heteroatoms. The van der Waals surface area contributed by atoms with E-state index in [0.717, 1.165) is 6.42 Å². The first-order valence-electron chi connectivity index (χ1n) is 9.24. The number of amides is 1. The monoisotopic (exact) mass is 396 g/mol. The van der Waals surface area contributed by atoms with Crippen LogP contribution in [0.25, 0.3) is 0 Å². The van der Waals surface area contributed by atoms with Crippen LogP contribution in [0, 0.1) is 11.8 Å². The minimum atomic E-state index is -3.60. The maximum atomic E-state index is 12.9. The van der Waals surface area contributed by atoms with Crippen molar-refractivity contribution in [3.8, 4) is 0 Å². The van der Waals surface area contributed by atoms with Gasteiger partial charge >= 0.3 is 5.97 Å². The van der Waals surface area contributed by atoms with Crippen LogP contribution in [0.1, 0.15) is 44.5 Å². The number of hydrogen-bond donors (Lipinski definition) is 1. The third kappa shape index (κ3) is 5.29. The summed E-state index contributed by atoms with van der Waals surface area (Å²) in [5.41, 5.74) is 0.200. The van der Waals surface area contributed by atoms with E-state index in [0.29, 0.717) is 31.5 Å². The number of nitrogens with one attached hydrogen (secondary N) is 1. The number of sulfonamides is 1. The van der Waals surface area contributed by atoms with E-state index < -0.39 is 22.1 Å². The molecular weight excluding hydrogens is 368 g/mol. The van der Waals surface area contributed by atoms with E-state index >= 15 is 0 Å². The molecule has 1 aliphatic rings. The van der Waals surface area contributed by atoms with E-state index in [4.69, 9.17) is 4.74 Å². The fourth-order valence-corrected chi connectivity index (χ4v) is 4.99. The second-order valence-electron chi connectivity index (χ2n) is 7.23. The van der Waals surface area contributed by atoms with Gasteiger partial charge in [0.05, 0.1) is 10.5 Å². The largest absolute Gasteiger partial charge is 0.449 e. The molecule has 1 heterocycles. The summed E-state index contributed by atoms with van der Waals surface area (Å²) in [7, 11) is -3.60. The Hall–Kier alpha value is -1.93. The molecular formula is C19H28N2O5S. The highest BCUT2D eigenvalue weighted by atomic mass is 32.2. The summed E-state index contributed by atoms with van der Waals surface area (Å²) in [5.74, 6) is -0.418. The van der Waals surface area contributed by atoms with Gasteiger partial charge in [0.15, 0.2) is 6.10 Å². The Morgan fingerprint density at radius 3 is 2.26 bits per heavy atom. The Morgan fingerprint density at radius 1 is 1.19 bits per heavy atom. The molecule has 1 amide bonds. The Morgan fingerprint density at radius 2 is 1.74 bits per heavy atom. The van der Waals surface area contributed by atoms with E-state index in [9.17, 15) is 18.0 Å². The minimum Gasteiger partial charge on any atom is -0.449 e. The van der Waals surface area contributed by atoms with Crippen LogP contribution < -0.4 is 5.32 Å².